The Morgan fingerprint density at radius 3 is 2.35 bits per heavy atom. The number of halogens is 2. The summed E-state index contributed by atoms with van der Waals surface area (Å²) >= 11 is 0. The van der Waals surface area contributed by atoms with E-state index in [1.807, 2.05) is 59.5 Å². The van der Waals surface area contributed by atoms with Gasteiger partial charge in [-0.25, -0.2) is 0 Å². The first kappa shape index (κ1) is 25.0. The summed E-state index contributed by atoms with van der Waals surface area (Å²) in [6, 6.07) is 17.4. The minimum atomic E-state index is -0.400. The molecule has 2 aliphatic rings. The number of carbonyl (C=O) groups is 2. The molecule has 0 aromatic heterocycles. The molecule has 8 heteroatoms. The van der Waals surface area contributed by atoms with Crippen molar-refractivity contribution < 1.29 is 9.59 Å². The summed E-state index contributed by atoms with van der Waals surface area (Å²) in [5, 5.41) is 3.05. The van der Waals surface area contributed by atoms with Crippen LogP contribution in [0.5, 0.6) is 0 Å². The van der Waals surface area contributed by atoms with Crippen LogP contribution in [0.1, 0.15) is 24.8 Å². The van der Waals surface area contributed by atoms with E-state index in [0.29, 0.717) is 24.1 Å². The summed E-state index contributed by atoms with van der Waals surface area (Å²) in [5.41, 5.74) is 14.4. The Morgan fingerprint density at radius 1 is 1.00 bits per heavy atom. The molecule has 2 aromatic rings. The van der Waals surface area contributed by atoms with Gasteiger partial charge in [-0.1, -0.05) is 36.4 Å². The standard InChI is InChI=1S/C23H28N4O2.2ClH/c24-20(28)14-27(13-15-5-2-1-3-6-15)19-8-4-7-18(12-19)26-23(29)21-16-9-10-17(11-16)22(21)25;;/h1-8,12,16-17,21-22H,9-11,13-14,25H2,(H2,24,28)(H,26,29);2*1H. The highest BCUT2D eigenvalue weighted by Gasteiger charge is 2.49. The number of nitrogens with zero attached hydrogens (tertiary/aromatic N) is 1. The van der Waals surface area contributed by atoms with Gasteiger partial charge in [0.1, 0.15) is 0 Å². The number of rotatable bonds is 7. The maximum atomic E-state index is 12.9. The lowest BCUT2D eigenvalue weighted by Gasteiger charge is -2.27. The molecule has 2 bridgehead atoms. The smallest absolute Gasteiger partial charge is 0.236 e. The molecule has 2 amide bonds. The van der Waals surface area contributed by atoms with Crippen LogP contribution in [-0.2, 0) is 16.1 Å². The van der Waals surface area contributed by atoms with E-state index in [2.05, 4.69) is 5.32 Å². The lowest BCUT2D eigenvalue weighted by Crippen LogP contribution is -2.42. The summed E-state index contributed by atoms with van der Waals surface area (Å²) in [6.45, 7) is 0.655. The quantitative estimate of drug-likeness (QED) is 0.584. The second kappa shape index (κ2) is 10.8. The highest BCUT2D eigenvalue weighted by atomic mass is 35.5. The molecule has 4 rings (SSSR count). The Balaban J connectivity index is 0.00000171. The molecule has 6 nitrogen and oxygen atoms in total. The monoisotopic (exact) mass is 464 g/mol. The van der Waals surface area contributed by atoms with Gasteiger partial charge in [0.15, 0.2) is 0 Å². The number of carbonyl (C=O) groups excluding carboxylic acids is 2. The minimum Gasteiger partial charge on any atom is -0.368 e. The summed E-state index contributed by atoms with van der Waals surface area (Å²) in [7, 11) is 0. The van der Waals surface area contributed by atoms with Crippen LogP contribution in [0.15, 0.2) is 54.6 Å². The van der Waals surface area contributed by atoms with Gasteiger partial charge in [-0.05, 0) is 54.9 Å². The first-order valence-electron chi connectivity index (χ1n) is 10.2. The molecule has 31 heavy (non-hydrogen) atoms. The fourth-order valence-electron chi connectivity index (χ4n) is 4.96. The van der Waals surface area contributed by atoms with Crippen molar-refractivity contribution in [2.45, 2.75) is 31.8 Å². The molecule has 0 saturated heterocycles. The molecule has 4 unspecified atom stereocenters. The Morgan fingerprint density at radius 2 is 1.71 bits per heavy atom. The van der Waals surface area contributed by atoms with E-state index in [1.165, 1.54) is 0 Å². The molecule has 0 radical (unpaired) electrons. The molecule has 0 heterocycles. The van der Waals surface area contributed by atoms with Crippen LogP contribution < -0.4 is 21.7 Å². The van der Waals surface area contributed by atoms with Crippen molar-refractivity contribution in [2.75, 3.05) is 16.8 Å². The third kappa shape index (κ3) is 5.70. The van der Waals surface area contributed by atoms with Gasteiger partial charge >= 0.3 is 0 Å². The number of anilines is 2. The molecular weight excluding hydrogens is 435 g/mol. The Hall–Kier alpha value is -2.28. The lowest BCUT2D eigenvalue weighted by molar-refractivity contribution is -0.121. The fraction of sp³-hybridized carbons (Fsp3) is 0.391. The third-order valence-electron chi connectivity index (χ3n) is 6.33. The zero-order valence-corrected chi connectivity index (χ0v) is 18.9. The molecule has 2 saturated carbocycles. The lowest BCUT2D eigenvalue weighted by atomic mass is 9.84. The topological polar surface area (TPSA) is 101 Å². The number of nitrogens with two attached hydrogens (primary N) is 2. The number of nitrogens with one attached hydrogen (secondary N) is 1. The molecular formula is C23H30Cl2N4O2. The predicted molar refractivity (Wildman–Crippen MR) is 129 cm³/mol. The van der Waals surface area contributed by atoms with E-state index in [1.54, 1.807) is 0 Å². The van der Waals surface area contributed by atoms with Crippen molar-refractivity contribution in [3.63, 3.8) is 0 Å². The van der Waals surface area contributed by atoms with Gasteiger partial charge in [0.2, 0.25) is 11.8 Å². The van der Waals surface area contributed by atoms with E-state index in [4.69, 9.17) is 11.5 Å². The second-order valence-electron chi connectivity index (χ2n) is 8.28. The average Bonchev–Trinajstić information content (AvgIpc) is 3.29. The first-order valence-corrected chi connectivity index (χ1v) is 10.2. The summed E-state index contributed by atoms with van der Waals surface area (Å²) in [4.78, 5) is 26.4. The normalized spacial score (nSPS) is 23.4. The van der Waals surface area contributed by atoms with Crippen LogP contribution in [0.4, 0.5) is 11.4 Å². The highest BCUT2D eigenvalue weighted by molar-refractivity contribution is 5.94. The maximum Gasteiger partial charge on any atom is 0.236 e. The van der Waals surface area contributed by atoms with Gasteiger partial charge in [0.05, 0.1) is 12.5 Å². The van der Waals surface area contributed by atoms with E-state index in [-0.39, 0.29) is 49.2 Å². The maximum absolute atomic E-state index is 12.9. The van der Waals surface area contributed by atoms with Crippen molar-refractivity contribution in [1.82, 2.24) is 0 Å². The van der Waals surface area contributed by atoms with Crippen molar-refractivity contribution in [3.8, 4) is 0 Å². The zero-order chi connectivity index (χ0) is 20.4. The van der Waals surface area contributed by atoms with Gasteiger partial charge in [0, 0.05) is 24.0 Å². The van der Waals surface area contributed by atoms with E-state index < -0.39 is 5.91 Å². The Labute approximate surface area is 195 Å². The van der Waals surface area contributed by atoms with E-state index in [9.17, 15) is 9.59 Å². The number of amides is 2. The molecule has 168 valence electrons. The van der Waals surface area contributed by atoms with Crippen molar-refractivity contribution in [1.29, 1.82) is 0 Å². The molecule has 2 aliphatic carbocycles. The summed E-state index contributed by atoms with van der Waals surface area (Å²) < 4.78 is 0. The van der Waals surface area contributed by atoms with E-state index >= 15 is 0 Å². The number of primary amides is 1. The molecule has 4 atom stereocenters. The number of hydrogen-bond donors (Lipinski definition) is 3. The third-order valence-corrected chi connectivity index (χ3v) is 6.33. The van der Waals surface area contributed by atoms with Crippen LogP contribution in [0.3, 0.4) is 0 Å². The van der Waals surface area contributed by atoms with Gasteiger partial charge in [-0.2, -0.15) is 0 Å². The number of benzene rings is 2. The average molecular weight is 465 g/mol. The van der Waals surface area contributed by atoms with Crippen LogP contribution >= 0.6 is 24.8 Å². The van der Waals surface area contributed by atoms with Gasteiger partial charge in [0.25, 0.3) is 0 Å². The molecule has 5 N–H and O–H groups in total. The van der Waals surface area contributed by atoms with Crippen molar-refractivity contribution in [2.24, 2.45) is 29.2 Å². The predicted octanol–water partition coefficient (Wildman–Crippen LogP) is 3.33. The molecule has 2 aromatic carbocycles. The van der Waals surface area contributed by atoms with Crippen LogP contribution in [0.2, 0.25) is 0 Å². The van der Waals surface area contributed by atoms with Crippen LogP contribution in [0, 0.1) is 17.8 Å². The summed E-state index contributed by atoms with van der Waals surface area (Å²) in [5.74, 6) is 0.389. The minimum absolute atomic E-state index is 0. The summed E-state index contributed by atoms with van der Waals surface area (Å²) in [6.07, 6.45) is 3.31. The van der Waals surface area contributed by atoms with Gasteiger partial charge < -0.3 is 21.7 Å². The second-order valence-corrected chi connectivity index (χ2v) is 8.28. The highest BCUT2D eigenvalue weighted by Crippen LogP contribution is 2.47. The first-order chi connectivity index (χ1) is 14.0. The van der Waals surface area contributed by atoms with E-state index in [0.717, 1.165) is 30.5 Å². The van der Waals surface area contributed by atoms with Crippen LogP contribution in [-0.4, -0.2) is 24.4 Å². The van der Waals surface area contributed by atoms with Gasteiger partial charge in [-0.15, -0.1) is 24.8 Å². The molecule has 2 fully saturated rings. The molecule has 0 aliphatic heterocycles. The Bertz CT molecular complexity index is 894. The zero-order valence-electron chi connectivity index (χ0n) is 17.3. The fourth-order valence-corrected chi connectivity index (χ4v) is 4.96. The SMILES string of the molecule is Cl.Cl.NC(=O)CN(Cc1ccccc1)c1cccc(NC(=O)C2C3CCC(C3)C2N)c1. The Kier molecular flexibility index (Phi) is 8.74. The molecule has 0 spiro atoms. The van der Waals surface area contributed by atoms with Crippen molar-refractivity contribution >= 4 is 48.0 Å². The van der Waals surface area contributed by atoms with Crippen molar-refractivity contribution in [3.05, 3.63) is 60.2 Å². The number of fused-ring (bicyclic) bond motifs is 2. The van der Waals surface area contributed by atoms with Gasteiger partial charge in [-0.3, -0.25) is 9.59 Å². The van der Waals surface area contributed by atoms with Crippen LogP contribution in [0.25, 0.3) is 0 Å². The largest absolute Gasteiger partial charge is 0.368 e. The number of hydrogen-bond acceptors (Lipinski definition) is 4.